The van der Waals surface area contributed by atoms with Gasteiger partial charge in [0.25, 0.3) is 5.69 Å². The van der Waals surface area contributed by atoms with Gasteiger partial charge in [-0.3, -0.25) is 15.5 Å². The van der Waals surface area contributed by atoms with Crippen LogP contribution in [0.1, 0.15) is 25.3 Å². The summed E-state index contributed by atoms with van der Waals surface area (Å²) in [4.78, 5) is 10.8. The van der Waals surface area contributed by atoms with E-state index in [1.54, 1.807) is 32.2 Å². The topological polar surface area (TPSA) is 123 Å². The van der Waals surface area contributed by atoms with E-state index in [0.717, 1.165) is 18.9 Å². The molecule has 0 atom stereocenters. The van der Waals surface area contributed by atoms with Crippen molar-refractivity contribution in [3.8, 4) is 11.5 Å². The molecule has 0 unspecified atom stereocenters. The average Bonchev–Trinajstić information content (AvgIpc) is 3.32. The minimum atomic E-state index is -3.76. The second-order valence-corrected chi connectivity index (χ2v) is 8.86. The highest BCUT2D eigenvalue weighted by Gasteiger charge is 2.29. The molecule has 0 amide bonds. The molecule has 31 heavy (non-hydrogen) atoms. The Bertz CT molecular complexity index is 1110. The minimum Gasteiger partial charge on any atom is -0.497 e. The van der Waals surface area contributed by atoms with Gasteiger partial charge < -0.3 is 9.47 Å². The Labute approximate surface area is 180 Å². The Balaban J connectivity index is 1.90. The molecule has 0 bridgehead atoms. The summed E-state index contributed by atoms with van der Waals surface area (Å²) in [5.74, 6) is 1.15. The quantitative estimate of drug-likeness (QED) is 0.373. The molecule has 3 rings (SSSR count). The largest absolute Gasteiger partial charge is 0.497 e. The first-order chi connectivity index (χ1) is 14.8. The van der Waals surface area contributed by atoms with Crippen LogP contribution in [-0.4, -0.2) is 50.7 Å². The normalized spacial score (nSPS) is 15.0. The molecule has 2 aromatic rings. The van der Waals surface area contributed by atoms with E-state index in [2.05, 4.69) is 10.5 Å². The number of nitro benzene ring substituents is 1. The molecule has 1 heterocycles. The first-order valence-corrected chi connectivity index (χ1v) is 11.0. The highest BCUT2D eigenvalue weighted by molar-refractivity contribution is 7.89. The standard InChI is InChI=1S/C20H24N4O6S/c1-14(17-8-6-15(29-2)12-20(17)30-3)21-22-18-9-7-16(13-19(18)24(25)26)31(27,28)23-10-4-5-11-23/h6-9,12-13,22H,4-5,10-11H2,1-3H3/b21-14+. The van der Waals surface area contributed by atoms with E-state index in [4.69, 9.17) is 9.47 Å². The third kappa shape index (κ3) is 4.78. The molecule has 1 aliphatic heterocycles. The highest BCUT2D eigenvalue weighted by atomic mass is 32.2. The molecular formula is C20H24N4O6S. The summed E-state index contributed by atoms with van der Waals surface area (Å²) in [5, 5.41) is 15.8. The maximum atomic E-state index is 12.7. The summed E-state index contributed by atoms with van der Waals surface area (Å²) >= 11 is 0. The summed E-state index contributed by atoms with van der Waals surface area (Å²) < 4.78 is 37.3. The van der Waals surface area contributed by atoms with Crippen molar-refractivity contribution < 1.29 is 22.8 Å². The van der Waals surface area contributed by atoms with Gasteiger partial charge in [-0.1, -0.05) is 0 Å². The van der Waals surface area contributed by atoms with Crippen LogP contribution in [0.25, 0.3) is 0 Å². The van der Waals surface area contributed by atoms with Crippen molar-refractivity contribution >= 4 is 27.1 Å². The van der Waals surface area contributed by atoms with E-state index in [1.807, 2.05) is 0 Å². The van der Waals surface area contributed by atoms with Crippen molar-refractivity contribution in [3.63, 3.8) is 0 Å². The SMILES string of the molecule is COc1ccc(/C(C)=N/Nc2ccc(S(=O)(=O)N3CCCC3)cc2[N+](=O)[O-])c(OC)c1. The Morgan fingerprint density at radius 1 is 1.13 bits per heavy atom. The van der Waals surface area contributed by atoms with Crippen molar-refractivity contribution in [1.82, 2.24) is 4.31 Å². The van der Waals surface area contributed by atoms with Gasteiger partial charge in [-0.25, -0.2) is 8.42 Å². The van der Waals surface area contributed by atoms with Crippen molar-refractivity contribution in [2.75, 3.05) is 32.7 Å². The van der Waals surface area contributed by atoms with Crippen molar-refractivity contribution in [3.05, 3.63) is 52.1 Å². The molecule has 2 aromatic carbocycles. The van der Waals surface area contributed by atoms with Crippen molar-refractivity contribution in [2.24, 2.45) is 5.10 Å². The third-order valence-corrected chi connectivity index (χ3v) is 6.91. The number of benzene rings is 2. The number of rotatable bonds is 8. The lowest BCUT2D eigenvalue weighted by molar-refractivity contribution is -0.384. The lowest BCUT2D eigenvalue weighted by Crippen LogP contribution is -2.27. The number of hydrogen-bond donors (Lipinski definition) is 1. The second-order valence-electron chi connectivity index (χ2n) is 6.92. The summed E-state index contributed by atoms with van der Waals surface area (Å²) in [6.45, 7) is 2.56. The average molecular weight is 449 g/mol. The lowest BCUT2D eigenvalue weighted by atomic mass is 10.1. The van der Waals surface area contributed by atoms with Gasteiger partial charge in [0, 0.05) is 30.8 Å². The molecule has 11 heteroatoms. The van der Waals surface area contributed by atoms with Crippen LogP contribution in [0, 0.1) is 10.1 Å². The molecule has 0 radical (unpaired) electrons. The Morgan fingerprint density at radius 2 is 1.84 bits per heavy atom. The second kappa shape index (κ2) is 9.31. The molecule has 0 saturated carbocycles. The number of nitrogens with one attached hydrogen (secondary N) is 1. The number of hydrazone groups is 1. The van der Waals surface area contributed by atoms with Crippen molar-refractivity contribution in [1.29, 1.82) is 0 Å². The summed E-state index contributed by atoms with van der Waals surface area (Å²) in [5.41, 5.74) is 3.57. The van der Waals surface area contributed by atoms with Gasteiger partial charge in [-0.2, -0.15) is 9.41 Å². The molecule has 0 spiro atoms. The van der Waals surface area contributed by atoms with E-state index in [9.17, 15) is 18.5 Å². The summed E-state index contributed by atoms with van der Waals surface area (Å²) in [7, 11) is -0.702. The number of sulfonamides is 1. The van der Waals surface area contributed by atoms with E-state index >= 15 is 0 Å². The number of anilines is 1. The Hall–Kier alpha value is -3.18. The number of nitro groups is 1. The molecule has 10 nitrogen and oxygen atoms in total. The fourth-order valence-corrected chi connectivity index (χ4v) is 4.83. The van der Waals surface area contributed by atoms with Crippen LogP contribution in [0.15, 0.2) is 46.4 Å². The van der Waals surface area contributed by atoms with Gasteiger partial charge in [-0.05, 0) is 44.0 Å². The van der Waals surface area contributed by atoms with Crippen LogP contribution in [0.2, 0.25) is 0 Å². The predicted molar refractivity (Wildman–Crippen MR) is 116 cm³/mol. The Morgan fingerprint density at radius 3 is 2.45 bits per heavy atom. The molecule has 1 aliphatic rings. The predicted octanol–water partition coefficient (Wildman–Crippen LogP) is 3.23. The number of nitrogens with zero attached hydrogens (tertiary/aromatic N) is 3. The molecular weight excluding hydrogens is 424 g/mol. The van der Waals surface area contributed by atoms with Crippen LogP contribution in [0.4, 0.5) is 11.4 Å². The third-order valence-electron chi connectivity index (χ3n) is 5.01. The van der Waals surface area contributed by atoms with Crippen LogP contribution in [0.5, 0.6) is 11.5 Å². The number of ether oxygens (including phenoxy) is 2. The van der Waals surface area contributed by atoms with E-state index in [1.165, 1.54) is 23.5 Å². The number of hydrogen-bond acceptors (Lipinski definition) is 8. The van der Waals surface area contributed by atoms with Gasteiger partial charge in [0.05, 0.1) is 29.8 Å². The van der Waals surface area contributed by atoms with Gasteiger partial charge in [0.15, 0.2) is 0 Å². The first-order valence-electron chi connectivity index (χ1n) is 9.59. The maximum absolute atomic E-state index is 12.7. The fourth-order valence-electron chi connectivity index (χ4n) is 3.30. The van der Waals surface area contributed by atoms with E-state index in [0.29, 0.717) is 35.9 Å². The van der Waals surface area contributed by atoms with E-state index < -0.39 is 14.9 Å². The molecule has 0 aliphatic carbocycles. The van der Waals surface area contributed by atoms with Gasteiger partial charge in [0.2, 0.25) is 10.0 Å². The van der Waals surface area contributed by atoms with Crippen LogP contribution in [0.3, 0.4) is 0 Å². The highest BCUT2D eigenvalue weighted by Crippen LogP contribution is 2.31. The van der Waals surface area contributed by atoms with Crippen LogP contribution in [-0.2, 0) is 10.0 Å². The lowest BCUT2D eigenvalue weighted by Gasteiger charge is -2.15. The smallest absolute Gasteiger partial charge is 0.295 e. The zero-order valence-electron chi connectivity index (χ0n) is 17.5. The summed E-state index contributed by atoms with van der Waals surface area (Å²) in [6.07, 6.45) is 1.56. The zero-order chi connectivity index (χ0) is 22.6. The zero-order valence-corrected chi connectivity index (χ0v) is 18.3. The molecule has 1 saturated heterocycles. The van der Waals surface area contributed by atoms with Crippen LogP contribution >= 0.6 is 0 Å². The minimum absolute atomic E-state index is 0.0807. The van der Waals surface area contributed by atoms with Gasteiger partial charge >= 0.3 is 0 Å². The number of methoxy groups -OCH3 is 2. The molecule has 1 fully saturated rings. The summed E-state index contributed by atoms with van der Waals surface area (Å²) in [6, 6.07) is 8.98. The molecule has 166 valence electrons. The molecule has 1 N–H and O–H groups in total. The van der Waals surface area contributed by atoms with Crippen molar-refractivity contribution in [2.45, 2.75) is 24.7 Å². The molecule has 0 aromatic heterocycles. The van der Waals surface area contributed by atoms with Crippen LogP contribution < -0.4 is 14.9 Å². The monoisotopic (exact) mass is 448 g/mol. The maximum Gasteiger partial charge on any atom is 0.295 e. The first kappa shape index (κ1) is 22.5. The Kier molecular flexibility index (Phi) is 6.76. The van der Waals surface area contributed by atoms with Gasteiger partial charge in [-0.15, -0.1) is 0 Å². The van der Waals surface area contributed by atoms with Gasteiger partial charge in [0.1, 0.15) is 17.2 Å². The fraction of sp³-hybridized carbons (Fsp3) is 0.350. The van der Waals surface area contributed by atoms with E-state index in [-0.39, 0.29) is 16.3 Å².